The van der Waals surface area contributed by atoms with E-state index in [1.165, 1.54) is 10.4 Å². The molecule has 0 bridgehead atoms. The lowest BCUT2D eigenvalue weighted by molar-refractivity contribution is -0.384. The Labute approximate surface area is 206 Å². The summed E-state index contributed by atoms with van der Waals surface area (Å²) < 4.78 is 36.3. The SMILES string of the molecule is O=[N+]([O-])c1ccc(N2CCN(S(=O)(=O)c3cccc4nsnc34)CC2)cc1NCc1ccccc1. The number of nitrogens with one attached hydrogen (secondary N) is 1. The molecule has 1 aliphatic rings. The van der Waals surface area contributed by atoms with Gasteiger partial charge in [-0.25, -0.2) is 8.42 Å². The average molecular weight is 511 g/mol. The smallest absolute Gasteiger partial charge is 0.292 e. The molecular weight excluding hydrogens is 488 g/mol. The fraction of sp³-hybridized carbons (Fsp3) is 0.217. The van der Waals surface area contributed by atoms with Gasteiger partial charge in [0.05, 0.1) is 16.7 Å². The van der Waals surface area contributed by atoms with Crippen molar-refractivity contribution >= 4 is 49.8 Å². The standard InChI is InChI=1S/C23H22N6O4S2/c30-29(31)21-10-9-18(15-20(21)24-16-17-5-2-1-3-6-17)27-11-13-28(14-12-27)35(32,33)22-8-4-7-19-23(22)26-34-25-19/h1-10,15,24H,11-14,16H2. The number of hydrogen-bond acceptors (Lipinski definition) is 9. The van der Waals surface area contributed by atoms with Crippen LogP contribution in [0.1, 0.15) is 5.56 Å². The van der Waals surface area contributed by atoms with Gasteiger partial charge in [-0.15, -0.1) is 0 Å². The molecule has 5 rings (SSSR count). The van der Waals surface area contributed by atoms with Crippen molar-refractivity contribution in [2.75, 3.05) is 36.4 Å². The second-order valence-corrected chi connectivity index (χ2v) is 10.5. The lowest BCUT2D eigenvalue weighted by atomic mass is 10.2. The van der Waals surface area contributed by atoms with Crippen LogP contribution in [0.5, 0.6) is 0 Å². The molecule has 1 N–H and O–H groups in total. The molecular formula is C23H22N6O4S2. The van der Waals surface area contributed by atoms with Crippen molar-refractivity contribution in [1.29, 1.82) is 0 Å². The summed E-state index contributed by atoms with van der Waals surface area (Å²) in [6, 6.07) is 19.6. The number of nitrogens with zero attached hydrogens (tertiary/aromatic N) is 5. The molecule has 1 aromatic heterocycles. The van der Waals surface area contributed by atoms with Crippen molar-refractivity contribution in [1.82, 2.24) is 13.1 Å². The third-order valence-corrected chi connectivity index (χ3v) is 8.45. The minimum atomic E-state index is -3.72. The van der Waals surface area contributed by atoms with Crippen molar-refractivity contribution < 1.29 is 13.3 Å². The highest BCUT2D eigenvalue weighted by atomic mass is 32.2. The Hall–Kier alpha value is -3.61. The quantitative estimate of drug-likeness (QED) is 0.295. The van der Waals surface area contributed by atoms with Crippen molar-refractivity contribution in [3.8, 4) is 0 Å². The van der Waals surface area contributed by atoms with Gasteiger partial charge < -0.3 is 10.2 Å². The van der Waals surface area contributed by atoms with Crippen LogP contribution in [0.15, 0.2) is 71.6 Å². The highest BCUT2D eigenvalue weighted by Crippen LogP contribution is 2.31. The minimum Gasteiger partial charge on any atom is -0.375 e. The summed E-state index contributed by atoms with van der Waals surface area (Å²) in [6.07, 6.45) is 0. The summed E-state index contributed by atoms with van der Waals surface area (Å²) in [7, 11) is -3.72. The van der Waals surface area contributed by atoms with E-state index < -0.39 is 14.9 Å². The molecule has 0 saturated carbocycles. The number of fused-ring (bicyclic) bond motifs is 1. The molecule has 3 aromatic carbocycles. The first-order valence-corrected chi connectivity index (χ1v) is 13.1. The maximum atomic E-state index is 13.3. The fourth-order valence-corrected chi connectivity index (χ4v) is 6.30. The Kier molecular flexibility index (Phi) is 6.32. The Balaban J connectivity index is 1.32. The van der Waals surface area contributed by atoms with E-state index in [1.54, 1.807) is 30.3 Å². The van der Waals surface area contributed by atoms with Crippen molar-refractivity contribution in [3.63, 3.8) is 0 Å². The van der Waals surface area contributed by atoms with E-state index in [1.807, 2.05) is 35.2 Å². The van der Waals surface area contributed by atoms with Crippen molar-refractivity contribution in [2.24, 2.45) is 0 Å². The fourth-order valence-electron chi connectivity index (χ4n) is 4.13. The van der Waals surface area contributed by atoms with E-state index >= 15 is 0 Å². The largest absolute Gasteiger partial charge is 0.375 e. The molecule has 180 valence electrons. The molecule has 10 nitrogen and oxygen atoms in total. The normalized spacial score (nSPS) is 14.8. The molecule has 2 heterocycles. The molecule has 0 amide bonds. The number of nitro groups is 1. The highest BCUT2D eigenvalue weighted by molar-refractivity contribution is 7.89. The van der Waals surface area contributed by atoms with E-state index in [2.05, 4.69) is 14.1 Å². The van der Waals surface area contributed by atoms with Crippen LogP contribution < -0.4 is 10.2 Å². The molecule has 0 radical (unpaired) electrons. The first-order chi connectivity index (χ1) is 16.9. The van der Waals surface area contributed by atoms with Crippen molar-refractivity contribution in [2.45, 2.75) is 11.4 Å². The highest BCUT2D eigenvalue weighted by Gasteiger charge is 2.31. The average Bonchev–Trinajstić information content (AvgIpc) is 3.37. The maximum absolute atomic E-state index is 13.3. The van der Waals surface area contributed by atoms with E-state index in [0.717, 1.165) is 23.0 Å². The maximum Gasteiger partial charge on any atom is 0.292 e. The van der Waals surface area contributed by atoms with E-state index in [4.69, 9.17) is 0 Å². The first-order valence-electron chi connectivity index (χ1n) is 11.0. The van der Waals surface area contributed by atoms with Gasteiger partial charge >= 0.3 is 0 Å². The molecule has 0 aliphatic carbocycles. The molecule has 0 unspecified atom stereocenters. The second kappa shape index (κ2) is 9.56. The predicted octanol–water partition coefficient (Wildman–Crippen LogP) is 3.72. The minimum absolute atomic E-state index is 0.00383. The zero-order valence-corrected chi connectivity index (χ0v) is 20.2. The summed E-state index contributed by atoms with van der Waals surface area (Å²) in [6.45, 7) is 1.95. The van der Waals surface area contributed by atoms with Crippen LogP contribution in [0.25, 0.3) is 11.0 Å². The van der Waals surface area contributed by atoms with E-state index in [9.17, 15) is 18.5 Å². The third kappa shape index (κ3) is 4.67. The van der Waals surface area contributed by atoms with Crippen LogP contribution >= 0.6 is 11.7 Å². The number of nitro benzene ring substituents is 1. The predicted molar refractivity (Wildman–Crippen MR) is 135 cm³/mol. The summed E-state index contributed by atoms with van der Waals surface area (Å²) in [4.78, 5) is 13.3. The van der Waals surface area contributed by atoms with Gasteiger partial charge in [0.25, 0.3) is 5.69 Å². The van der Waals surface area contributed by atoms with Crippen LogP contribution in [0.3, 0.4) is 0 Å². The van der Waals surface area contributed by atoms with Crippen LogP contribution in [0.2, 0.25) is 0 Å². The molecule has 0 spiro atoms. The Morgan fingerprint density at radius 3 is 2.49 bits per heavy atom. The molecule has 1 aliphatic heterocycles. The van der Waals surface area contributed by atoms with Gasteiger partial charge in [0.2, 0.25) is 10.0 Å². The molecule has 1 saturated heterocycles. The van der Waals surface area contributed by atoms with Crippen LogP contribution in [0, 0.1) is 10.1 Å². The molecule has 0 atom stereocenters. The van der Waals surface area contributed by atoms with Crippen LogP contribution in [0.4, 0.5) is 17.1 Å². The molecule has 12 heteroatoms. The van der Waals surface area contributed by atoms with Gasteiger partial charge in [-0.2, -0.15) is 13.1 Å². The summed E-state index contributed by atoms with van der Waals surface area (Å²) in [5.41, 5.74) is 3.19. The Bertz CT molecular complexity index is 1470. The van der Waals surface area contributed by atoms with Gasteiger partial charge in [0, 0.05) is 44.5 Å². The van der Waals surface area contributed by atoms with Gasteiger partial charge in [-0.1, -0.05) is 36.4 Å². The van der Waals surface area contributed by atoms with Gasteiger partial charge in [-0.3, -0.25) is 10.1 Å². The van der Waals surface area contributed by atoms with Crippen molar-refractivity contribution in [3.05, 3.63) is 82.4 Å². The number of rotatable bonds is 7. The number of sulfonamides is 1. The topological polar surface area (TPSA) is 122 Å². The molecule has 4 aromatic rings. The number of piperazine rings is 1. The molecule has 35 heavy (non-hydrogen) atoms. The van der Waals surface area contributed by atoms with Crippen LogP contribution in [-0.2, 0) is 16.6 Å². The van der Waals surface area contributed by atoms with E-state index in [0.29, 0.717) is 49.4 Å². The zero-order chi connectivity index (χ0) is 24.4. The lowest BCUT2D eigenvalue weighted by Gasteiger charge is -2.35. The van der Waals surface area contributed by atoms with E-state index in [-0.39, 0.29) is 10.6 Å². The van der Waals surface area contributed by atoms with Gasteiger partial charge in [0.15, 0.2) is 0 Å². The third-order valence-electron chi connectivity index (χ3n) is 5.97. The van der Waals surface area contributed by atoms with Crippen LogP contribution in [-0.4, -0.2) is 52.6 Å². The molecule has 1 fully saturated rings. The Morgan fingerprint density at radius 2 is 1.74 bits per heavy atom. The number of anilines is 2. The van der Waals surface area contributed by atoms with Gasteiger partial charge in [-0.05, 0) is 29.8 Å². The second-order valence-electron chi connectivity index (χ2n) is 8.08. The monoisotopic (exact) mass is 510 g/mol. The zero-order valence-electron chi connectivity index (χ0n) is 18.6. The Morgan fingerprint density at radius 1 is 0.971 bits per heavy atom. The summed E-state index contributed by atoms with van der Waals surface area (Å²) >= 11 is 0.989. The number of hydrogen-bond donors (Lipinski definition) is 1. The van der Waals surface area contributed by atoms with Gasteiger partial charge in [0.1, 0.15) is 21.6 Å². The summed E-state index contributed by atoms with van der Waals surface area (Å²) in [5, 5.41) is 14.7. The number of aromatic nitrogens is 2. The lowest BCUT2D eigenvalue weighted by Crippen LogP contribution is -2.48. The number of benzene rings is 3. The summed E-state index contributed by atoms with van der Waals surface area (Å²) in [5.74, 6) is 0. The first kappa shape index (κ1) is 23.1.